The first-order chi connectivity index (χ1) is 12.9. The summed E-state index contributed by atoms with van der Waals surface area (Å²) in [5.41, 5.74) is 0.923. The summed E-state index contributed by atoms with van der Waals surface area (Å²) in [5, 5.41) is 3.03. The number of halogens is 3. The highest BCUT2D eigenvalue weighted by Crippen LogP contribution is 2.50. The Morgan fingerprint density at radius 1 is 0.852 bits per heavy atom. The standard InChI is InChI=1S/C19H15ClF2NO3P/c1-13-14(20)7-6-10-17(13)23-27(24,25-18-11-4-2-8-15(18)21)26-19-12-5-3-9-16(19)22/h2-12H,1H3,(H,23,24). The number of rotatable bonds is 6. The molecule has 1 N–H and O–H groups in total. The zero-order valence-corrected chi connectivity index (χ0v) is 15.8. The molecule has 0 bridgehead atoms. The zero-order valence-electron chi connectivity index (χ0n) is 14.2. The molecule has 0 aliphatic heterocycles. The first kappa shape index (κ1) is 19.2. The fourth-order valence-electron chi connectivity index (χ4n) is 2.24. The highest BCUT2D eigenvalue weighted by atomic mass is 35.5. The van der Waals surface area contributed by atoms with Gasteiger partial charge in [0.05, 0.1) is 0 Å². The molecule has 0 saturated heterocycles. The molecule has 0 aliphatic rings. The van der Waals surface area contributed by atoms with E-state index in [0.717, 1.165) is 12.1 Å². The second-order valence-electron chi connectivity index (χ2n) is 5.57. The first-order valence-electron chi connectivity index (χ1n) is 7.90. The van der Waals surface area contributed by atoms with E-state index in [0.29, 0.717) is 16.3 Å². The van der Waals surface area contributed by atoms with Crippen molar-refractivity contribution in [2.24, 2.45) is 0 Å². The maximum atomic E-state index is 14.0. The minimum absolute atomic E-state index is 0.302. The second-order valence-corrected chi connectivity index (χ2v) is 7.56. The summed E-state index contributed by atoms with van der Waals surface area (Å²) in [6, 6.07) is 15.7. The van der Waals surface area contributed by atoms with E-state index in [2.05, 4.69) is 5.09 Å². The molecule has 0 unspecified atom stereocenters. The average Bonchev–Trinajstić information content (AvgIpc) is 2.63. The Labute approximate surface area is 160 Å². The van der Waals surface area contributed by atoms with Gasteiger partial charge >= 0.3 is 7.75 Å². The van der Waals surface area contributed by atoms with E-state index in [9.17, 15) is 13.3 Å². The van der Waals surface area contributed by atoms with Gasteiger partial charge in [-0.2, -0.15) is 0 Å². The smallest absolute Gasteiger partial charge is 0.397 e. The van der Waals surface area contributed by atoms with Gasteiger partial charge in [-0.3, -0.25) is 5.09 Å². The van der Waals surface area contributed by atoms with Crippen LogP contribution in [0.2, 0.25) is 5.02 Å². The molecule has 0 spiro atoms. The van der Waals surface area contributed by atoms with Crippen molar-refractivity contribution in [1.82, 2.24) is 0 Å². The molecular formula is C19H15ClF2NO3P. The van der Waals surface area contributed by atoms with Crippen LogP contribution >= 0.6 is 19.3 Å². The van der Waals surface area contributed by atoms with Crippen molar-refractivity contribution in [2.75, 3.05) is 5.09 Å². The SMILES string of the molecule is Cc1c(Cl)cccc1NP(=O)(Oc1ccccc1F)Oc1ccccc1F. The van der Waals surface area contributed by atoms with Crippen LogP contribution < -0.4 is 14.1 Å². The number of hydrogen-bond donors (Lipinski definition) is 1. The highest BCUT2D eigenvalue weighted by Gasteiger charge is 2.32. The second kappa shape index (κ2) is 7.99. The zero-order chi connectivity index (χ0) is 19.4. The molecule has 3 aromatic carbocycles. The third-order valence-electron chi connectivity index (χ3n) is 3.64. The molecule has 0 aromatic heterocycles. The Morgan fingerprint density at radius 2 is 1.37 bits per heavy atom. The van der Waals surface area contributed by atoms with Crippen LogP contribution in [-0.2, 0) is 4.57 Å². The summed E-state index contributed by atoms with van der Waals surface area (Å²) >= 11 is 6.08. The van der Waals surface area contributed by atoms with Crippen molar-refractivity contribution in [1.29, 1.82) is 0 Å². The number of para-hydroxylation sites is 2. The molecular weight excluding hydrogens is 395 g/mol. The first-order valence-corrected chi connectivity index (χ1v) is 9.82. The molecule has 8 heteroatoms. The van der Waals surface area contributed by atoms with Crippen LogP contribution in [0.4, 0.5) is 14.5 Å². The van der Waals surface area contributed by atoms with Crippen LogP contribution in [0, 0.1) is 18.6 Å². The summed E-state index contributed by atoms with van der Waals surface area (Å²) < 4.78 is 52.0. The molecule has 3 aromatic rings. The predicted octanol–water partition coefficient (Wildman–Crippen LogP) is 6.60. The maximum Gasteiger partial charge on any atom is 0.541 e. The summed E-state index contributed by atoms with van der Waals surface area (Å²) in [5.74, 6) is -2.08. The molecule has 27 heavy (non-hydrogen) atoms. The fourth-order valence-corrected chi connectivity index (χ4v) is 3.89. The molecule has 0 aliphatic carbocycles. The monoisotopic (exact) mass is 409 g/mol. The van der Waals surface area contributed by atoms with Gasteiger partial charge in [0.2, 0.25) is 0 Å². The van der Waals surface area contributed by atoms with Crippen molar-refractivity contribution in [2.45, 2.75) is 6.92 Å². The fraction of sp³-hybridized carbons (Fsp3) is 0.0526. The Morgan fingerprint density at radius 3 is 1.89 bits per heavy atom. The van der Waals surface area contributed by atoms with E-state index in [4.69, 9.17) is 20.6 Å². The Kier molecular flexibility index (Phi) is 5.68. The average molecular weight is 410 g/mol. The lowest BCUT2D eigenvalue weighted by atomic mass is 10.2. The van der Waals surface area contributed by atoms with Gasteiger partial charge in [-0.25, -0.2) is 13.3 Å². The topological polar surface area (TPSA) is 47.6 Å². The highest BCUT2D eigenvalue weighted by molar-refractivity contribution is 7.56. The van der Waals surface area contributed by atoms with Gasteiger partial charge in [-0.05, 0) is 48.9 Å². The Bertz CT molecular complexity index is 964. The lowest BCUT2D eigenvalue weighted by Gasteiger charge is -2.22. The van der Waals surface area contributed by atoms with E-state index in [1.54, 1.807) is 25.1 Å². The van der Waals surface area contributed by atoms with Gasteiger partial charge in [0.15, 0.2) is 23.1 Å². The quantitative estimate of drug-likeness (QED) is 0.466. The van der Waals surface area contributed by atoms with E-state index < -0.39 is 19.4 Å². The van der Waals surface area contributed by atoms with Crippen molar-refractivity contribution >= 4 is 25.0 Å². The molecule has 0 radical (unpaired) electrons. The maximum absolute atomic E-state index is 14.0. The van der Waals surface area contributed by atoms with E-state index >= 15 is 0 Å². The molecule has 140 valence electrons. The van der Waals surface area contributed by atoms with Crippen molar-refractivity contribution in [3.63, 3.8) is 0 Å². The van der Waals surface area contributed by atoms with Gasteiger partial charge in [0.1, 0.15) is 0 Å². The Hall–Kier alpha value is -2.56. The third-order valence-corrected chi connectivity index (χ3v) is 5.43. The van der Waals surface area contributed by atoms with Crippen LogP contribution in [0.15, 0.2) is 66.7 Å². The van der Waals surface area contributed by atoms with Gasteiger partial charge in [-0.15, -0.1) is 0 Å². The van der Waals surface area contributed by atoms with Gasteiger partial charge in [-0.1, -0.05) is 41.9 Å². The molecule has 3 rings (SSSR count). The molecule has 4 nitrogen and oxygen atoms in total. The molecule has 0 saturated carbocycles. The van der Waals surface area contributed by atoms with E-state index in [1.807, 2.05) is 0 Å². The molecule has 0 atom stereocenters. The van der Waals surface area contributed by atoms with Crippen LogP contribution in [-0.4, -0.2) is 0 Å². The summed E-state index contributed by atoms with van der Waals surface area (Å²) in [4.78, 5) is 0. The minimum atomic E-state index is -4.27. The molecule has 0 amide bonds. The van der Waals surface area contributed by atoms with Gasteiger partial charge in [0, 0.05) is 10.7 Å². The van der Waals surface area contributed by atoms with E-state index in [1.165, 1.54) is 36.4 Å². The number of hydrogen-bond acceptors (Lipinski definition) is 3. The normalized spacial score (nSPS) is 11.1. The van der Waals surface area contributed by atoms with Crippen LogP contribution in [0.25, 0.3) is 0 Å². The van der Waals surface area contributed by atoms with Gasteiger partial charge in [0.25, 0.3) is 0 Å². The van der Waals surface area contributed by atoms with Crippen molar-refractivity contribution in [3.8, 4) is 11.5 Å². The number of nitrogens with one attached hydrogen (secondary N) is 1. The van der Waals surface area contributed by atoms with Crippen LogP contribution in [0.1, 0.15) is 5.56 Å². The third kappa shape index (κ3) is 4.59. The van der Waals surface area contributed by atoms with Crippen molar-refractivity contribution in [3.05, 3.63) is 89.0 Å². The van der Waals surface area contributed by atoms with E-state index in [-0.39, 0.29) is 11.5 Å². The summed E-state index contributed by atoms with van der Waals surface area (Å²) in [6.45, 7) is 1.70. The van der Waals surface area contributed by atoms with Crippen LogP contribution in [0.5, 0.6) is 11.5 Å². The number of benzene rings is 3. The molecule has 0 fully saturated rings. The summed E-state index contributed by atoms with van der Waals surface area (Å²) in [7, 11) is -4.27. The Balaban J connectivity index is 2.00. The van der Waals surface area contributed by atoms with Crippen molar-refractivity contribution < 1.29 is 22.4 Å². The largest absolute Gasteiger partial charge is 0.541 e. The van der Waals surface area contributed by atoms with Gasteiger partial charge < -0.3 is 9.05 Å². The minimum Gasteiger partial charge on any atom is -0.397 e. The number of anilines is 1. The lowest BCUT2D eigenvalue weighted by molar-refractivity contribution is 0.373. The molecule has 0 heterocycles. The summed E-state index contributed by atoms with van der Waals surface area (Å²) in [6.07, 6.45) is 0. The predicted molar refractivity (Wildman–Crippen MR) is 101 cm³/mol. The van der Waals surface area contributed by atoms with Crippen LogP contribution in [0.3, 0.4) is 0 Å². The lowest BCUT2D eigenvalue weighted by Crippen LogP contribution is -2.12.